The van der Waals surface area contributed by atoms with Crippen LogP contribution in [-0.4, -0.2) is 6.29 Å². The second kappa shape index (κ2) is 3.72. The van der Waals surface area contributed by atoms with Crippen molar-refractivity contribution in [3.05, 3.63) is 46.9 Å². The van der Waals surface area contributed by atoms with Gasteiger partial charge in [-0.2, -0.15) is 0 Å². The molecule has 0 radical (unpaired) electrons. The second-order valence-electron chi connectivity index (χ2n) is 2.75. The smallest absolute Gasteiger partial charge is 0.268 e. The first kappa shape index (κ1) is 9.09. The number of hydrogen-bond donors (Lipinski definition) is 0. The molecule has 1 unspecified atom stereocenters. The van der Waals surface area contributed by atoms with E-state index < -0.39 is 6.29 Å². The molecule has 0 N–H and O–H groups in total. The molecule has 0 amide bonds. The lowest BCUT2D eigenvalue weighted by molar-refractivity contribution is -0.110. The third kappa shape index (κ3) is 1.59. The fourth-order valence-corrected chi connectivity index (χ4v) is 1.39. The molecule has 2 rings (SSSR count). The molecular formula is C10H7ClO3. The van der Waals surface area contributed by atoms with Crippen LogP contribution in [0.5, 0.6) is 0 Å². The van der Waals surface area contributed by atoms with Crippen LogP contribution in [0.3, 0.4) is 0 Å². The number of hydrogen-bond acceptors (Lipinski definition) is 3. The zero-order valence-corrected chi connectivity index (χ0v) is 7.90. The van der Waals surface area contributed by atoms with E-state index in [2.05, 4.69) is 0 Å². The Morgan fingerprint density at radius 1 is 1.36 bits per heavy atom. The van der Waals surface area contributed by atoms with E-state index in [1.165, 1.54) is 6.26 Å². The Kier molecular flexibility index (Phi) is 2.41. The number of rotatable bonds is 2. The normalized spacial score (nSPS) is 19.5. The third-order valence-electron chi connectivity index (χ3n) is 1.83. The maximum Gasteiger partial charge on any atom is 0.268 e. The van der Waals surface area contributed by atoms with Crippen LogP contribution >= 0.6 is 11.6 Å². The van der Waals surface area contributed by atoms with Crippen LogP contribution in [0.1, 0.15) is 11.9 Å². The summed E-state index contributed by atoms with van der Waals surface area (Å²) in [5.41, 5.74) is 0.710. The van der Waals surface area contributed by atoms with Gasteiger partial charge in [0.15, 0.2) is 12.0 Å². The van der Waals surface area contributed by atoms with Crippen molar-refractivity contribution in [2.45, 2.75) is 6.29 Å². The average Bonchev–Trinajstić information content (AvgIpc) is 2.67. The van der Waals surface area contributed by atoms with E-state index in [1.54, 1.807) is 12.1 Å². The molecule has 3 nitrogen and oxygen atoms in total. The van der Waals surface area contributed by atoms with Gasteiger partial charge < -0.3 is 9.47 Å². The number of ether oxygens (including phenoxy) is 2. The number of benzene rings is 1. The van der Waals surface area contributed by atoms with Gasteiger partial charge in [0.05, 0.1) is 10.6 Å². The highest BCUT2D eigenvalue weighted by atomic mass is 35.5. The van der Waals surface area contributed by atoms with Gasteiger partial charge in [0.2, 0.25) is 0 Å². The van der Waals surface area contributed by atoms with Crippen molar-refractivity contribution in [1.82, 2.24) is 0 Å². The van der Waals surface area contributed by atoms with Gasteiger partial charge in [-0.15, -0.1) is 0 Å². The Hall–Kier alpha value is -1.48. The molecule has 0 aliphatic carbocycles. The SMILES string of the molecule is O=CC1=COC(c2ccccc2Cl)O1. The topological polar surface area (TPSA) is 35.5 Å². The Labute approximate surface area is 85.9 Å². The van der Waals surface area contributed by atoms with Gasteiger partial charge in [0, 0.05) is 0 Å². The summed E-state index contributed by atoms with van der Waals surface area (Å²) in [6.45, 7) is 0. The lowest BCUT2D eigenvalue weighted by Crippen LogP contribution is -2.00. The Morgan fingerprint density at radius 3 is 2.79 bits per heavy atom. The molecule has 1 atom stereocenters. The minimum atomic E-state index is -0.608. The van der Waals surface area contributed by atoms with E-state index >= 15 is 0 Å². The highest BCUT2D eigenvalue weighted by Gasteiger charge is 2.22. The molecule has 0 bridgehead atoms. The molecule has 1 aromatic rings. The van der Waals surface area contributed by atoms with Crippen LogP contribution < -0.4 is 0 Å². The van der Waals surface area contributed by atoms with E-state index in [0.717, 1.165) is 0 Å². The molecule has 0 saturated carbocycles. The van der Waals surface area contributed by atoms with Gasteiger partial charge in [-0.05, 0) is 6.07 Å². The van der Waals surface area contributed by atoms with Crippen LogP contribution in [0.15, 0.2) is 36.3 Å². The molecule has 0 spiro atoms. The van der Waals surface area contributed by atoms with E-state index in [-0.39, 0.29) is 5.76 Å². The standard InChI is InChI=1S/C10H7ClO3/c11-9-4-2-1-3-8(9)10-13-6-7(5-12)14-10/h1-6,10H. The summed E-state index contributed by atoms with van der Waals surface area (Å²) in [5, 5.41) is 0.554. The lowest BCUT2D eigenvalue weighted by atomic mass is 10.2. The summed E-state index contributed by atoms with van der Waals surface area (Å²) in [6, 6.07) is 7.17. The maximum atomic E-state index is 10.4. The van der Waals surface area contributed by atoms with Crippen LogP contribution in [0.2, 0.25) is 5.02 Å². The van der Waals surface area contributed by atoms with Gasteiger partial charge in [-0.25, -0.2) is 0 Å². The summed E-state index contributed by atoms with van der Waals surface area (Å²) in [5.74, 6) is 0.176. The first-order valence-electron chi connectivity index (χ1n) is 4.03. The molecule has 14 heavy (non-hydrogen) atoms. The molecule has 0 saturated heterocycles. The maximum absolute atomic E-state index is 10.4. The van der Waals surface area contributed by atoms with Gasteiger partial charge in [-0.3, -0.25) is 4.79 Å². The zero-order valence-electron chi connectivity index (χ0n) is 7.14. The quantitative estimate of drug-likeness (QED) is 0.704. The van der Waals surface area contributed by atoms with Crippen LogP contribution in [0, 0.1) is 0 Å². The fourth-order valence-electron chi connectivity index (χ4n) is 1.17. The summed E-state index contributed by atoms with van der Waals surface area (Å²) >= 11 is 5.92. The van der Waals surface area contributed by atoms with Gasteiger partial charge in [0.1, 0.15) is 6.26 Å². The molecule has 72 valence electrons. The molecule has 4 heteroatoms. The van der Waals surface area contributed by atoms with Crippen LogP contribution in [0.4, 0.5) is 0 Å². The van der Waals surface area contributed by atoms with Crippen molar-refractivity contribution in [1.29, 1.82) is 0 Å². The molecule has 0 fully saturated rings. The number of carbonyl (C=O) groups is 1. The van der Waals surface area contributed by atoms with E-state index in [0.29, 0.717) is 16.9 Å². The molecule has 1 aliphatic heterocycles. The van der Waals surface area contributed by atoms with E-state index in [4.69, 9.17) is 21.1 Å². The summed E-state index contributed by atoms with van der Waals surface area (Å²) < 4.78 is 10.3. The second-order valence-corrected chi connectivity index (χ2v) is 3.15. The zero-order chi connectivity index (χ0) is 9.97. The third-order valence-corrected chi connectivity index (χ3v) is 2.17. The largest absolute Gasteiger partial charge is 0.454 e. The first-order chi connectivity index (χ1) is 6.81. The number of allylic oxidation sites excluding steroid dienone is 1. The molecule has 1 aliphatic rings. The Bertz CT molecular complexity index is 387. The van der Waals surface area contributed by atoms with Crippen molar-refractivity contribution in [3.63, 3.8) is 0 Å². The number of carbonyl (C=O) groups excluding carboxylic acids is 1. The lowest BCUT2D eigenvalue weighted by Gasteiger charge is -2.11. The molecule has 1 heterocycles. The van der Waals surface area contributed by atoms with Crippen molar-refractivity contribution in [2.75, 3.05) is 0 Å². The Balaban J connectivity index is 2.20. The molecular weight excluding hydrogens is 204 g/mol. The highest BCUT2D eigenvalue weighted by molar-refractivity contribution is 6.31. The number of aldehydes is 1. The van der Waals surface area contributed by atoms with Gasteiger partial charge >= 0.3 is 0 Å². The highest BCUT2D eigenvalue weighted by Crippen LogP contribution is 2.31. The van der Waals surface area contributed by atoms with Gasteiger partial charge in [-0.1, -0.05) is 29.8 Å². The number of halogens is 1. The van der Waals surface area contributed by atoms with Crippen molar-refractivity contribution >= 4 is 17.9 Å². The predicted octanol–water partition coefficient (Wildman–Crippen LogP) is 2.43. The van der Waals surface area contributed by atoms with Crippen molar-refractivity contribution in [3.8, 4) is 0 Å². The molecule has 1 aromatic carbocycles. The van der Waals surface area contributed by atoms with E-state index in [1.807, 2.05) is 12.1 Å². The monoisotopic (exact) mass is 210 g/mol. The summed E-state index contributed by atoms with van der Waals surface area (Å²) in [7, 11) is 0. The van der Waals surface area contributed by atoms with Gasteiger partial charge in [0.25, 0.3) is 6.29 Å². The average molecular weight is 211 g/mol. The minimum absolute atomic E-state index is 0.176. The molecule has 0 aromatic heterocycles. The summed E-state index contributed by atoms with van der Waals surface area (Å²) in [6.07, 6.45) is 1.27. The van der Waals surface area contributed by atoms with Crippen molar-refractivity contribution in [2.24, 2.45) is 0 Å². The minimum Gasteiger partial charge on any atom is -0.454 e. The summed E-state index contributed by atoms with van der Waals surface area (Å²) in [4.78, 5) is 10.4. The Morgan fingerprint density at radius 2 is 2.14 bits per heavy atom. The van der Waals surface area contributed by atoms with Crippen LogP contribution in [-0.2, 0) is 14.3 Å². The fraction of sp³-hybridized carbons (Fsp3) is 0.100. The van der Waals surface area contributed by atoms with E-state index in [9.17, 15) is 4.79 Å². The van der Waals surface area contributed by atoms with Crippen molar-refractivity contribution < 1.29 is 14.3 Å². The first-order valence-corrected chi connectivity index (χ1v) is 4.41. The van der Waals surface area contributed by atoms with Crippen LogP contribution in [0.25, 0.3) is 0 Å². The predicted molar refractivity (Wildman–Crippen MR) is 50.5 cm³/mol.